The number of carbonyl (C=O) groups excluding carboxylic acids is 1. The minimum absolute atomic E-state index is 0.0187. The lowest BCUT2D eigenvalue weighted by Crippen LogP contribution is -2.27. The van der Waals surface area contributed by atoms with Gasteiger partial charge in [0.15, 0.2) is 0 Å². The zero-order valence-electron chi connectivity index (χ0n) is 22.4. The fraction of sp³-hybridized carbons (Fsp3) is 0.433. The zero-order valence-corrected chi connectivity index (χ0v) is 22.4. The zero-order chi connectivity index (χ0) is 26.8. The van der Waals surface area contributed by atoms with Crippen LogP contribution in [0.4, 0.5) is 10.2 Å². The van der Waals surface area contributed by atoms with Crippen LogP contribution in [0.2, 0.25) is 0 Å². The van der Waals surface area contributed by atoms with E-state index in [4.69, 9.17) is 0 Å². The van der Waals surface area contributed by atoms with Crippen LogP contribution in [0.1, 0.15) is 60.6 Å². The van der Waals surface area contributed by atoms with Gasteiger partial charge in [0, 0.05) is 47.7 Å². The van der Waals surface area contributed by atoms with Crippen molar-refractivity contribution in [3.8, 4) is 11.1 Å². The standard InChI is InChI=1S/C30H36FN7O/c1-37-12-3-5-28(37)27-15-22-17-33-29(16-26(22)35-27)36-30(39)24-7-6-21(14-25(24)31)23-18-34-38(19-23)13-2-4-20-8-10-32-11-9-20/h6-7,14-20,28,32,35H,2-5,8-13H2,1H3,(H,33,36,39)/t28-/m1/s1. The maximum atomic E-state index is 15.0. The lowest BCUT2D eigenvalue weighted by atomic mass is 9.93. The summed E-state index contributed by atoms with van der Waals surface area (Å²) in [6.45, 7) is 4.18. The highest BCUT2D eigenvalue weighted by molar-refractivity contribution is 6.04. The van der Waals surface area contributed by atoms with Crippen LogP contribution in [0.25, 0.3) is 22.0 Å². The number of anilines is 1. The molecule has 6 rings (SSSR count). The molecule has 2 fully saturated rings. The van der Waals surface area contributed by atoms with Gasteiger partial charge in [-0.2, -0.15) is 5.10 Å². The second kappa shape index (κ2) is 11.3. The summed E-state index contributed by atoms with van der Waals surface area (Å²) in [5.74, 6) is 0.0818. The molecule has 9 heteroatoms. The van der Waals surface area contributed by atoms with Crippen molar-refractivity contribution in [2.75, 3.05) is 32.0 Å². The van der Waals surface area contributed by atoms with E-state index in [0.29, 0.717) is 17.4 Å². The van der Waals surface area contributed by atoms with E-state index in [2.05, 4.69) is 43.7 Å². The predicted octanol–water partition coefficient (Wildman–Crippen LogP) is 5.36. The Hall–Kier alpha value is -3.56. The second-order valence-electron chi connectivity index (χ2n) is 11.0. The molecule has 1 amide bonds. The van der Waals surface area contributed by atoms with Crippen molar-refractivity contribution in [3.05, 3.63) is 66.0 Å². The number of nitrogens with zero attached hydrogens (tertiary/aromatic N) is 4. The molecule has 8 nitrogen and oxygen atoms in total. The third kappa shape index (κ3) is 5.74. The van der Waals surface area contributed by atoms with E-state index in [0.717, 1.165) is 67.1 Å². The Morgan fingerprint density at radius 1 is 1.13 bits per heavy atom. The van der Waals surface area contributed by atoms with Crippen LogP contribution < -0.4 is 10.6 Å². The average molecular weight is 530 g/mol. The molecule has 204 valence electrons. The van der Waals surface area contributed by atoms with Crippen molar-refractivity contribution in [1.82, 2.24) is 30.0 Å². The molecule has 1 aromatic carbocycles. The van der Waals surface area contributed by atoms with Gasteiger partial charge in [-0.1, -0.05) is 6.07 Å². The molecule has 4 aromatic rings. The van der Waals surface area contributed by atoms with Crippen molar-refractivity contribution < 1.29 is 9.18 Å². The summed E-state index contributed by atoms with van der Waals surface area (Å²) in [5.41, 5.74) is 3.57. The summed E-state index contributed by atoms with van der Waals surface area (Å²) in [4.78, 5) is 23.1. The molecule has 39 heavy (non-hydrogen) atoms. The average Bonchev–Trinajstić information content (AvgIpc) is 3.68. The normalized spacial score (nSPS) is 18.7. The topological polar surface area (TPSA) is 90.9 Å². The highest BCUT2D eigenvalue weighted by Gasteiger charge is 2.24. The lowest BCUT2D eigenvalue weighted by molar-refractivity contribution is 0.102. The molecule has 0 unspecified atom stereocenters. The van der Waals surface area contributed by atoms with Crippen molar-refractivity contribution >= 4 is 22.6 Å². The molecule has 5 heterocycles. The number of aromatic amines is 1. The Morgan fingerprint density at radius 2 is 2.00 bits per heavy atom. The van der Waals surface area contributed by atoms with Crippen LogP contribution in [0.3, 0.4) is 0 Å². The van der Waals surface area contributed by atoms with E-state index >= 15 is 4.39 Å². The van der Waals surface area contributed by atoms with E-state index in [1.54, 1.807) is 24.5 Å². The number of carbonyl (C=O) groups is 1. The van der Waals surface area contributed by atoms with E-state index < -0.39 is 11.7 Å². The van der Waals surface area contributed by atoms with Crippen LogP contribution in [0.15, 0.2) is 48.9 Å². The maximum Gasteiger partial charge on any atom is 0.259 e. The van der Waals surface area contributed by atoms with Crippen molar-refractivity contribution in [1.29, 1.82) is 0 Å². The first-order chi connectivity index (χ1) is 19.0. The number of halogens is 1. The van der Waals surface area contributed by atoms with E-state index in [9.17, 15) is 4.79 Å². The minimum atomic E-state index is -0.573. The molecule has 0 radical (unpaired) electrons. The number of aryl methyl sites for hydroxylation is 1. The summed E-state index contributed by atoms with van der Waals surface area (Å²) < 4.78 is 17.0. The molecule has 0 bridgehead atoms. The van der Waals surface area contributed by atoms with Crippen molar-refractivity contribution in [3.63, 3.8) is 0 Å². The van der Waals surface area contributed by atoms with Gasteiger partial charge < -0.3 is 15.6 Å². The van der Waals surface area contributed by atoms with E-state index in [1.807, 2.05) is 10.9 Å². The van der Waals surface area contributed by atoms with E-state index in [1.165, 1.54) is 37.8 Å². The van der Waals surface area contributed by atoms with Gasteiger partial charge in [-0.15, -0.1) is 0 Å². The number of rotatable bonds is 8. The molecule has 3 aromatic heterocycles. The Balaban J connectivity index is 1.09. The molecule has 0 saturated carbocycles. The van der Waals surface area contributed by atoms with E-state index in [-0.39, 0.29) is 5.56 Å². The summed E-state index contributed by atoms with van der Waals surface area (Å²) in [7, 11) is 2.13. The summed E-state index contributed by atoms with van der Waals surface area (Å²) in [6.07, 6.45) is 12.5. The molecular weight excluding hydrogens is 493 g/mol. The van der Waals surface area contributed by atoms with Crippen LogP contribution in [0.5, 0.6) is 0 Å². The van der Waals surface area contributed by atoms with Gasteiger partial charge in [-0.05, 0) is 94.9 Å². The minimum Gasteiger partial charge on any atom is -0.357 e. The smallest absolute Gasteiger partial charge is 0.259 e. The van der Waals surface area contributed by atoms with Crippen LogP contribution in [-0.2, 0) is 6.54 Å². The number of likely N-dealkylation sites (tertiary alicyclic amines) is 1. The Kier molecular flexibility index (Phi) is 7.43. The van der Waals surface area contributed by atoms with Gasteiger partial charge in [0.1, 0.15) is 11.6 Å². The molecule has 0 aliphatic carbocycles. The van der Waals surface area contributed by atoms with Crippen LogP contribution >= 0.6 is 0 Å². The Morgan fingerprint density at radius 3 is 2.79 bits per heavy atom. The number of pyridine rings is 1. The third-order valence-corrected chi connectivity index (χ3v) is 8.28. The van der Waals surface area contributed by atoms with Crippen LogP contribution in [-0.4, -0.2) is 57.2 Å². The molecule has 1 atom stereocenters. The fourth-order valence-electron chi connectivity index (χ4n) is 6.01. The second-order valence-corrected chi connectivity index (χ2v) is 11.0. The van der Waals surface area contributed by atoms with Gasteiger partial charge >= 0.3 is 0 Å². The lowest BCUT2D eigenvalue weighted by Gasteiger charge is -2.22. The summed E-state index contributed by atoms with van der Waals surface area (Å²) >= 11 is 0. The number of H-pyrrole nitrogens is 1. The molecule has 2 aliphatic heterocycles. The largest absolute Gasteiger partial charge is 0.357 e. The maximum absolute atomic E-state index is 15.0. The fourth-order valence-corrected chi connectivity index (χ4v) is 6.01. The quantitative estimate of drug-likeness (QED) is 0.286. The number of piperidine rings is 1. The Bertz CT molecular complexity index is 1450. The summed E-state index contributed by atoms with van der Waals surface area (Å²) in [5, 5.41) is 11.6. The first kappa shape index (κ1) is 25.7. The SMILES string of the molecule is CN1CCC[C@@H]1c1cc2cnc(NC(=O)c3ccc(-c4cnn(CCCC5CCNCC5)c4)cc3F)cc2[nH]1. The predicted molar refractivity (Wildman–Crippen MR) is 151 cm³/mol. The Labute approximate surface area is 228 Å². The first-order valence-electron chi connectivity index (χ1n) is 14.1. The third-order valence-electron chi connectivity index (χ3n) is 8.28. The van der Waals surface area contributed by atoms with Gasteiger partial charge in [0.2, 0.25) is 0 Å². The molecular formula is C30H36FN7O. The highest BCUT2D eigenvalue weighted by Crippen LogP contribution is 2.32. The number of fused-ring (bicyclic) bond motifs is 1. The van der Waals surface area contributed by atoms with Crippen molar-refractivity contribution in [2.45, 2.75) is 51.1 Å². The van der Waals surface area contributed by atoms with Crippen LogP contribution in [0, 0.1) is 11.7 Å². The first-order valence-corrected chi connectivity index (χ1v) is 14.1. The van der Waals surface area contributed by atoms with Gasteiger partial charge in [0.05, 0.1) is 17.3 Å². The number of benzene rings is 1. The molecule has 0 spiro atoms. The molecule has 2 aliphatic rings. The van der Waals surface area contributed by atoms with Crippen molar-refractivity contribution in [2.24, 2.45) is 5.92 Å². The number of aromatic nitrogens is 4. The highest BCUT2D eigenvalue weighted by atomic mass is 19.1. The molecule has 2 saturated heterocycles. The number of nitrogens with one attached hydrogen (secondary N) is 3. The number of hydrogen-bond donors (Lipinski definition) is 3. The molecule has 3 N–H and O–H groups in total. The number of amides is 1. The van der Waals surface area contributed by atoms with Gasteiger partial charge in [-0.25, -0.2) is 9.37 Å². The summed E-state index contributed by atoms with van der Waals surface area (Å²) in [6, 6.07) is 8.98. The van der Waals surface area contributed by atoms with Gasteiger partial charge in [-0.3, -0.25) is 14.4 Å². The number of hydrogen-bond acceptors (Lipinski definition) is 5. The van der Waals surface area contributed by atoms with Gasteiger partial charge in [0.25, 0.3) is 5.91 Å². The monoisotopic (exact) mass is 529 g/mol.